The number of hydrogen-bond donors (Lipinski definition) is 0. The van der Waals surface area contributed by atoms with Crippen LogP contribution in [0.4, 0.5) is 4.39 Å². The topological polar surface area (TPSA) is 47.8 Å². The smallest absolute Gasteiger partial charge is 0.243 e. The fourth-order valence-corrected chi connectivity index (χ4v) is 1.91. The van der Waals surface area contributed by atoms with Crippen molar-refractivity contribution in [1.82, 2.24) is 14.8 Å². The third kappa shape index (κ3) is 2.89. The van der Waals surface area contributed by atoms with E-state index in [1.807, 2.05) is 0 Å². The monoisotopic (exact) mass is 317 g/mol. The van der Waals surface area contributed by atoms with E-state index in [0.29, 0.717) is 10.3 Å². The van der Waals surface area contributed by atoms with Crippen molar-refractivity contribution in [3.8, 4) is 0 Å². The predicted octanol–water partition coefficient (Wildman–Crippen LogP) is 2.72. The van der Waals surface area contributed by atoms with Crippen LogP contribution in [0.5, 0.6) is 0 Å². The van der Waals surface area contributed by atoms with Crippen molar-refractivity contribution >= 4 is 33.3 Å². The molecule has 7 heteroatoms. The summed E-state index contributed by atoms with van der Waals surface area (Å²) < 4.78 is 14.4. The Bertz CT molecular complexity index is 555. The Hall–Kier alpha value is -1.27. The van der Waals surface area contributed by atoms with E-state index < -0.39 is 0 Å². The number of hydrogen-bond acceptors (Lipinski definition) is 3. The van der Waals surface area contributed by atoms with E-state index in [1.54, 1.807) is 0 Å². The standard InChI is InChI=1S/C10H6BrClFN3O/c11-9-14-10(12)15-16(9)5-8(17)6-1-3-7(13)4-2-6/h1-4H,5H2. The number of carbonyl (C=O) groups is 1. The van der Waals surface area contributed by atoms with Crippen molar-refractivity contribution in [3.63, 3.8) is 0 Å². The van der Waals surface area contributed by atoms with Crippen LogP contribution in [-0.4, -0.2) is 20.5 Å². The van der Waals surface area contributed by atoms with E-state index in [1.165, 1.54) is 28.9 Å². The zero-order valence-electron chi connectivity index (χ0n) is 8.40. The molecule has 0 amide bonds. The van der Waals surface area contributed by atoms with Crippen LogP contribution >= 0.6 is 27.5 Å². The Morgan fingerprint density at radius 1 is 1.41 bits per heavy atom. The molecule has 0 aliphatic rings. The van der Waals surface area contributed by atoms with Gasteiger partial charge in [0, 0.05) is 5.56 Å². The van der Waals surface area contributed by atoms with Crippen LogP contribution in [0.2, 0.25) is 5.28 Å². The van der Waals surface area contributed by atoms with Crippen LogP contribution in [-0.2, 0) is 6.54 Å². The van der Waals surface area contributed by atoms with Crippen LogP contribution in [0.25, 0.3) is 0 Å². The molecule has 1 aromatic heterocycles. The highest BCUT2D eigenvalue weighted by Gasteiger charge is 2.11. The van der Waals surface area contributed by atoms with E-state index in [-0.39, 0.29) is 23.4 Å². The molecule has 0 atom stereocenters. The van der Waals surface area contributed by atoms with Gasteiger partial charge in [0.05, 0.1) is 0 Å². The summed E-state index contributed by atoms with van der Waals surface area (Å²) in [6.07, 6.45) is 0. The average molecular weight is 319 g/mol. The Balaban J connectivity index is 2.17. The second kappa shape index (κ2) is 4.93. The van der Waals surface area contributed by atoms with Crippen LogP contribution in [0.15, 0.2) is 29.0 Å². The summed E-state index contributed by atoms with van der Waals surface area (Å²) >= 11 is 8.70. The molecule has 0 unspecified atom stereocenters. The molecule has 0 saturated heterocycles. The number of halogens is 3. The van der Waals surface area contributed by atoms with Crippen LogP contribution in [0.3, 0.4) is 0 Å². The molecule has 17 heavy (non-hydrogen) atoms. The summed E-state index contributed by atoms with van der Waals surface area (Å²) in [7, 11) is 0. The molecule has 0 saturated carbocycles. The lowest BCUT2D eigenvalue weighted by Gasteiger charge is -2.01. The van der Waals surface area contributed by atoms with Gasteiger partial charge in [-0.2, -0.15) is 4.98 Å². The van der Waals surface area contributed by atoms with Crippen LogP contribution in [0.1, 0.15) is 10.4 Å². The van der Waals surface area contributed by atoms with Crippen LogP contribution in [0, 0.1) is 5.82 Å². The molecule has 0 spiro atoms. The van der Waals surface area contributed by atoms with Crippen molar-refractivity contribution in [3.05, 3.63) is 45.7 Å². The summed E-state index contributed by atoms with van der Waals surface area (Å²) in [6.45, 7) is -0.00800. The van der Waals surface area contributed by atoms with E-state index in [4.69, 9.17) is 11.6 Å². The minimum atomic E-state index is -0.383. The molecular weight excluding hydrogens is 312 g/mol. The van der Waals surface area contributed by atoms with Crippen molar-refractivity contribution in [1.29, 1.82) is 0 Å². The lowest BCUT2D eigenvalue weighted by atomic mass is 10.1. The van der Waals surface area contributed by atoms with Crippen molar-refractivity contribution in [2.45, 2.75) is 6.54 Å². The van der Waals surface area contributed by atoms with Gasteiger partial charge in [-0.25, -0.2) is 9.07 Å². The number of Topliss-reactive ketones (excluding diaryl/α,β-unsaturated/α-hetero) is 1. The van der Waals surface area contributed by atoms with E-state index in [9.17, 15) is 9.18 Å². The Morgan fingerprint density at radius 2 is 2.06 bits per heavy atom. The Morgan fingerprint density at radius 3 is 2.59 bits per heavy atom. The molecule has 4 nitrogen and oxygen atoms in total. The van der Waals surface area contributed by atoms with E-state index in [0.717, 1.165) is 0 Å². The van der Waals surface area contributed by atoms with Gasteiger partial charge >= 0.3 is 0 Å². The third-order valence-corrected chi connectivity index (χ3v) is 2.81. The highest BCUT2D eigenvalue weighted by molar-refractivity contribution is 9.10. The van der Waals surface area contributed by atoms with Gasteiger partial charge < -0.3 is 0 Å². The molecular formula is C10H6BrClFN3O. The fraction of sp³-hybridized carbons (Fsp3) is 0.100. The number of nitrogens with zero attached hydrogens (tertiary/aromatic N) is 3. The van der Waals surface area contributed by atoms with Crippen molar-refractivity contribution in [2.75, 3.05) is 0 Å². The zero-order chi connectivity index (χ0) is 12.4. The number of benzene rings is 1. The lowest BCUT2D eigenvalue weighted by Crippen LogP contribution is -2.12. The van der Waals surface area contributed by atoms with E-state index in [2.05, 4.69) is 26.0 Å². The molecule has 88 valence electrons. The summed E-state index contributed by atoms with van der Waals surface area (Å²) in [6, 6.07) is 5.31. The van der Waals surface area contributed by atoms with Gasteiger partial charge in [-0.05, 0) is 51.8 Å². The first-order valence-electron chi connectivity index (χ1n) is 4.61. The van der Waals surface area contributed by atoms with E-state index >= 15 is 0 Å². The van der Waals surface area contributed by atoms with Gasteiger partial charge in [-0.3, -0.25) is 4.79 Å². The number of ketones is 1. The molecule has 0 aliphatic carbocycles. The molecule has 0 radical (unpaired) electrons. The number of carbonyl (C=O) groups excluding carboxylic acids is 1. The van der Waals surface area contributed by atoms with Gasteiger partial charge in [0.1, 0.15) is 12.4 Å². The second-order valence-corrected chi connectivity index (χ2v) is 4.28. The lowest BCUT2D eigenvalue weighted by molar-refractivity contribution is 0.0966. The number of rotatable bonds is 3. The molecule has 1 aromatic carbocycles. The van der Waals surface area contributed by atoms with Gasteiger partial charge in [0.2, 0.25) is 5.28 Å². The first-order chi connectivity index (χ1) is 8.06. The third-order valence-electron chi connectivity index (χ3n) is 2.06. The van der Waals surface area contributed by atoms with Crippen LogP contribution < -0.4 is 0 Å². The van der Waals surface area contributed by atoms with Crippen molar-refractivity contribution < 1.29 is 9.18 Å². The quantitative estimate of drug-likeness (QED) is 0.818. The van der Waals surface area contributed by atoms with Crippen molar-refractivity contribution in [2.24, 2.45) is 0 Å². The minimum absolute atomic E-state index is 0.00800. The summed E-state index contributed by atoms with van der Waals surface area (Å²) in [5, 5.41) is 3.88. The molecule has 2 rings (SSSR count). The summed E-state index contributed by atoms with van der Waals surface area (Å²) in [5.41, 5.74) is 0.407. The van der Waals surface area contributed by atoms with Gasteiger partial charge in [0.25, 0.3) is 0 Å². The molecule has 0 bridgehead atoms. The highest BCUT2D eigenvalue weighted by atomic mass is 79.9. The number of aromatic nitrogens is 3. The Labute approximate surface area is 110 Å². The first kappa shape index (κ1) is 12.2. The Kier molecular flexibility index (Phi) is 3.54. The maximum Gasteiger partial charge on any atom is 0.243 e. The summed E-state index contributed by atoms with van der Waals surface area (Å²) in [4.78, 5) is 15.6. The average Bonchev–Trinajstić information content (AvgIpc) is 2.58. The summed E-state index contributed by atoms with van der Waals surface area (Å²) in [5.74, 6) is -0.584. The molecule has 0 fully saturated rings. The highest BCUT2D eigenvalue weighted by Crippen LogP contribution is 2.12. The molecule has 0 aliphatic heterocycles. The molecule has 2 aromatic rings. The van der Waals surface area contributed by atoms with Gasteiger partial charge in [0.15, 0.2) is 10.5 Å². The maximum atomic E-state index is 12.7. The SMILES string of the molecule is O=C(Cn1nc(Cl)nc1Br)c1ccc(F)cc1. The predicted molar refractivity (Wildman–Crippen MR) is 63.5 cm³/mol. The second-order valence-electron chi connectivity index (χ2n) is 3.24. The maximum absolute atomic E-state index is 12.7. The minimum Gasteiger partial charge on any atom is -0.292 e. The zero-order valence-corrected chi connectivity index (χ0v) is 10.7. The van der Waals surface area contributed by atoms with Gasteiger partial charge in [-0.15, -0.1) is 5.10 Å². The largest absolute Gasteiger partial charge is 0.292 e. The molecule has 0 N–H and O–H groups in total. The van der Waals surface area contributed by atoms with Gasteiger partial charge in [-0.1, -0.05) is 0 Å². The normalized spacial score (nSPS) is 10.5. The first-order valence-corrected chi connectivity index (χ1v) is 5.78. The molecule has 1 heterocycles. The fourth-order valence-electron chi connectivity index (χ4n) is 1.26.